The fourth-order valence-corrected chi connectivity index (χ4v) is 3.09. The van der Waals surface area contributed by atoms with Crippen molar-refractivity contribution >= 4 is 28.2 Å². The first kappa shape index (κ1) is 14.7. The first-order valence-corrected chi connectivity index (χ1v) is 7.42. The summed E-state index contributed by atoms with van der Waals surface area (Å²) in [4.78, 5) is 1.96. The van der Waals surface area contributed by atoms with Gasteiger partial charge in [0.2, 0.25) is 5.13 Å². The summed E-state index contributed by atoms with van der Waals surface area (Å²) in [6.07, 6.45) is 1.11. The Balaban J connectivity index is 2.29. The zero-order valence-corrected chi connectivity index (χ0v) is 12.2. The monoisotopic (exact) mass is 276 g/mol. The van der Waals surface area contributed by atoms with E-state index >= 15 is 0 Å². The summed E-state index contributed by atoms with van der Waals surface area (Å²) in [5, 5.41) is 9.15. The summed E-state index contributed by atoms with van der Waals surface area (Å²) in [5.41, 5.74) is 5.62. The SMILES string of the molecule is CCOC(CN)CCSc1nnc(N(C)C)s1. The molecule has 0 radical (unpaired) electrons. The van der Waals surface area contributed by atoms with Gasteiger partial charge in [0.05, 0.1) is 6.10 Å². The van der Waals surface area contributed by atoms with Crippen LogP contribution in [0.2, 0.25) is 0 Å². The molecule has 0 saturated heterocycles. The maximum absolute atomic E-state index is 5.62. The van der Waals surface area contributed by atoms with Gasteiger partial charge >= 0.3 is 0 Å². The van der Waals surface area contributed by atoms with Gasteiger partial charge in [-0.2, -0.15) is 0 Å². The maximum Gasteiger partial charge on any atom is 0.208 e. The molecule has 0 aromatic carbocycles. The average molecular weight is 276 g/mol. The maximum atomic E-state index is 5.62. The number of nitrogens with zero attached hydrogens (tertiary/aromatic N) is 3. The molecule has 17 heavy (non-hydrogen) atoms. The third kappa shape index (κ3) is 5.20. The molecule has 0 amide bonds. The fourth-order valence-electron chi connectivity index (χ4n) is 1.22. The normalized spacial score (nSPS) is 12.7. The Morgan fingerprint density at radius 2 is 2.24 bits per heavy atom. The van der Waals surface area contributed by atoms with E-state index in [1.54, 1.807) is 23.1 Å². The van der Waals surface area contributed by atoms with Crippen LogP contribution in [0.4, 0.5) is 5.13 Å². The Morgan fingerprint density at radius 1 is 1.47 bits per heavy atom. The molecule has 0 aliphatic carbocycles. The van der Waals surface area contributed by atoms with Crippen molar-refractivity contribution < 1.29 is 4.74 Å². The number of nitrogens with two attached hydrogens (primary N) is 1. The summed E-state index contributed by atoms with van der Waals surface area (Å²) in [6.45, 7) is 3.29. The second-order valence-electron chi connectivity index (χ2n) is 3.70. The van der Waals surface area contributed by atoms with Crippen LogP contribution in [0.25, 0.3) is 0 Å². The molecule has 7 heteroatoms. The van der Waals surface area contributed by atoms with Crippen molar-refractivity contribution in [2.75, 3.05) is 37.9 Å². The molecule has 1 unspecified atom stereocenters. The predicted octanol–water partition coefficient (Wildman–Crippen LogP) is 1.45. The van der Waals surface area contributed by atoms with Gasteiger partial charge in [0.1, 0.15) is 0 Å². The molecule has 0 bridgehead atoms. The van der Waals surface area contributed by atoms with Gasteiger partial charge in [0.25, 0.3) is 0 Å². The van der Waals surface area contributed by atoms with Crippen molar-refractivity contribution in [2.45, 2.75) is 23.8 Å². The molecule has 0 aliphatic heterocycles. The van der Waals surface area contributed by atoms with Crippen LogP contribution in [-0.4, -0.2) is 49.3 Å². The molecule has 98 valence electrons. The van der Waals surface area contributed by atoms with E-state index in [1.807, 2.05) is 25.9 Å². The van der Waals surface area contributed by atoms with Crippen LogP contribution in [-0.2, 0) is 4.74 Å². The topological polar surface area (TPSA) is 64.3 Å². The van der Waals surface area contributed by atoms with E-state index in [9.17, 15) is 0 Å². The highest BCUT2D eigenvalue weighted by Crippen LogP contribution is 2.27. The van der Waals surface area contributed by atoms with Crippen LogP contribution < -0.4 is 10.6 Å². The van der Waals surface area contributed by atoms with Crippen LogP contribution in [0.15, 0.2) is 4.34 Å². The Bertz CT molecular complexity index is 319. The molecule has 1 aromatic heterocycles. The van der Waals surface area contributed by atoms with Crippen LogP contribution in [0, 0.1) is 0 Å². The number of thioether (sulfide) groups is 1. The molecule has 0 spiro atoms. The van der Waals surface area contributed by atoms with E-state index in [-0.39, 0.29) is 6.10 Å². The minimum absolute atomic E-state index is 0.161. The highest BCUT2D eigenvalue weighted by atomic mass is 32.2. The number of aromatic nitrogens is 2. The van der Waals surface area contributed by atoms with Crippen LogP contribution in [0.1, 0.15) is 13.3 Å². The molecule has 0 aliphatic rings. The zero-order valence-electron chi connectivity index (χ0n) is 10.5. The second-order valence-corrected chi connectivity index (χ2v) is 5.99. The molecule has 1 atom stereocenters. The zero-order chi connectivity index (χ0) is 12.7. The van der Waals surface area contributed by atoms with E-state index in [2.05, 4.69) is 10.2 Å². The molecule has 2 N–H and O–H groups in total. The van der Waals surface area contributed by atoms with Gasteiger partial charge < -0.3 is 15.4 Å². The minimum Gasteiger partial charge on any atom is -0.377 e. The Labute approximate surface area is 111 Å². The molecule has 1 heterocycles. The molecular weight excluding hydrogens is 256 g/mol. The summed E-state index contributed by atoms with van der Waals surface area (Å²) >= 11 is 3.32. The van der Waals surface area contributed by atoms with Gasteiger partial charge in [-0.1, -0.05) is 23.1 Å². The number of anilines is 1. The Kier molecular flexibility index (Phi) is 6.79. The second kappa shape index (κ2) is 7.86. The average Bonchev–Trinajstić information content (AvgIpc) is 2.77. The van der Waals surface area contributed by atoms with Crippen molar-refractivity contribution in [1.29, 1.82) is 0 Å². The summed E-state index contributed by atoms with van der Waals surface area (Å²) in [5.74, 6) is 0.962. The van der Waals surface area contributed by atoms with E-state index in [1.165, 1.54) is 0 Å². The molecule has 1 aromatic rings. The van der Waals surface area contributed by atoms with Crippen molar-refractivity contribution in [3.63, 3.8) is 0 Å². The quantitative estimate of drug-likeness (QED) is 0.725. The standard InChI is InChI=1S/C10H20N4OS2/c1-4-15-8(7-11)5-6-16-10-13-12-9(17-10)14(2)3/h8H,4-7,11H2,1-3H3. The molecule has 0 fully saturated rings. The molecule has 0 saturated carbocycles. The lowest BCUT2D eigenvalue weighted by atomic mass is 10.3. The molecule has 1 rings (SSSR count). The lowest BCUT2D eigenvalue weighted by Gasteiger charge is -2.13. The Hall–Kier alpha value is -0.370. The number of hydrogen-bond donors (Lipinski definition) is 1. The summed E-state index contributed by atoms with van der Waals surface area (Å²) in [6, 6.07) is 0. The van der Waals surface area contributed by atoms with Gasteiger partial charge in [0.15, 0.2) is 4.34 Å². The van der Waals surface area contributed by atoms with E-state index in [4.69, 9.17) is 10.5 Å². The number of ether oxygens (including phenoxy) is 1. The van der Waals surface area contributed by atoms with Crippen molar-refractivity contribution in [2.24, 2.45) is 5.73 Å². The van der Waals surface area contributed by atoms with E-state index in [0.717, 1.165) is 28.3 Å². The largest absolute Gasteiger partial charge is 0.377 e. The third-order valence-corrected chi connectivity index (χ3v) is 4.37. The summed E-state index contributed by atoms with van der Waals surface area (Å²) < 4.78 is 6.49. The van der Waals surface area contributed by atoms with Gasteiger partial charge in [-0.25, -0.2) is 0 Å². The fraction of sp³-hybridized carbons (Fsp3) is 0.800. The van der Waals surface area contributed by atoms with Crippen LogP contribution >= 0.6 is 23.1 Å². The molecule has 5 nitrogen and oxygen atoms in total. The van der Waals surface area contributed by atoms with Crippen molar-refractivity contribution in [3.8, 4) is 0 Å². The third-order valence-electron chi connectivity index (χ3n) is 2.11. The first-order chi connectivity index (χ1) is 8.17. The van der Waals surface area contributed by atoms with Crippen molar-refractivity contribution in [1.82, 2.24) is 10.2 Å². The van der Waals surface area contributed by atoms with Gasteiger partial charge in [-0.3, -0.25) is 0 Å². The number of hydrogen-bond acceptors (Lipinski definition) is 7. The smallest absolute Gasteiger partial charge is 0.208 e. The van der Waals surface area contributed by atoms with Gasteiger partial charge in [-0.15, -0.1) is 10.2 Å². The Morgan fingerprint density at radius 3 is 2.76 bits per heavy atom. The predicted molar refractivity (Wildman–Crippen MR) is 74.0 cm³/mol. The van der Waals surface area contributed by atoms with Crippen molar-refractivity contribution in [3.05, 3.63) is 0 Å². The van der Waals surface area contributed by atoms with Gasteiger partial charge in [-0.05, 0) is 13.3 Å². The minimum atomic E-state index is 0.161. The van der Waals surface area contributed by atoms with E-state index in [0.29, 0.717) is 6.54 Å². The highest BCUT2D eigenvalue weighted by Gasteiger charge is 2.09. The van der Waals surface area contributed by atoms with E-state index < -0.39 is 0 Å². The molecular formula is C10H20N4OS2. The lowest BCUT2D eigenvalue weighted by Crippen LogP contribution is -2.24. The van der Waals surface area contributed by atoms with Gasteiger partial charge in [0, 0.05) is 33.0 Å². The van der Waals surface area contributed by atoms with Crippen LogP contribution in [0.3, 0.4) is 0 Å². The van der Waals surface area contributed by atoms with Crippen LogP contribution in [0.5, 0.6) is 0 Å². The lowest BCUT2D eigenvalue weighted by molar-refractivity contribution is 0.0674. The first-order valence-electron chi connectivity index (χ1n) is 5.62. The highest BCUT2D eigenvalue weighted by molar-refractivity contribution is 8.01. The summed E-state index contributed by atoms with van der Waals surface area (Å²) in [7, 11) is 3.93. The number of rotatable bonds is 8.